The molecule has 35 heavy (non-hydrogen) atoms. The Morgan fingerprint density at radius 1 is 0.229 bits per heavy atom. The van der Waals surface area contributed by atoms with Gasteiger partial charge in [0.15, 0.2) is 0 Å². The molecule has 0 bridgehead atoms. The molecule has 0 nitrogen and oxygen atoms in total. The monoisotopic (exact) mass is 600 g/mol. The molecule has 0 atom stereocenters. The van der Waals surface area contributed by atoms with Crippen LogP contribution in [0.3, 0.4) is 0 Å². The van der Waals surface area contributed by atoms with Crippen LogP contribution >= 0.6 is 0 Å². The van der Waals surface area contributed by atoms with Crippen LogP contribution in [-0.2, 0) is 65.2 Å². The molecule has 3 heteroatoms. The summed E-state index contributed by atoms with van der Waals surface area (Å²) in [6, 6.07) is 0. The minimum absolute atomic E-state index is 0. The van der Waals surface area contributed by atoms with Crippen LogP contribution in [0.25, 0.3) is 0 Å². The second kappa shape index (κ2) is 65.3. The summed E-state index contributed by atoms with van der Waals surface area (Å²) < 4.78 is 0. The van der Waals surface area contributed by atoms with E-state index in [-0.39, 0.29) is 65.2 Å². The smallest absolute Gasteiger partial charge is 0.341 e. The average molecular weight is 601 g/mol. The molecule has 0 unspecified atom stereocenters. The predicted octanol–water partition coefficient (Wildman–Crippen LogP) is 11.8. The summed E-state index contributed by atoms with van der Waals surface area (Å²) in [4.78, 5) is 0. The van der Waals surface area contributed by atoms with Gasteiger partial charge >= 0.3 is 65.2 Å². The van der Waals surface area contributed by atoms with Crippen LogP contribution in [0.4, 0.5) is 0 Å². The molecular formula is C32H72Ti3. The Morgan fingerprint density at radius 2 is 0.229 bits per heavy atom. The predicted molar refractivity (Wildman–Crippen MR) is 162 cm³/mol. The fourth-order valence-electron chi connectivity index (χ4n) is 0. The van der Waals surface area contributed by atoms with E-state index in [0.717, 1.165) is 0 Å². The van der Waals surface area contributed by atoms with Crippen molar-refractivity contribution in [1.82, 2.24) is 0 Å². The van der Waals surface area contributed by atoms with Gasteiger partial charge in [-0.3, -0.25) is 0 Å². The number of hydrogen-bond acceptors (Lipinski definition) is 0. The maximum Gasteiger partial charge on any atom is 4.00 e. The van der Waals surface area contributed by atoms with Gasteiger partial charge in [-0.15, -0.1) is 0 Å². The SMILES string of the molecule is [CH2-]C(C)C.[CH2-]C(C)C.[CH2-]C(C)C.[CH2-]C(C)C.[CH2-]C(C)C.[CH2-]C(C)C.[CH2-]C(C)C.[CH2-]C(C)C.[Ti+2].[Ti+2].[Ti+4]. The number of hydrogen-bond donors (Lipinski definition) is 0. The van der Waals surface area contributed by atoms with Crippen molar-refractivity contribution in [3.63, 3.8) is 0 Å². The molecule has 0 aromatic carbocycles. The third kappa shape index (κ3) is 9180. The first-order valence-corrected chi connectivity index (χ1v) is 12.5. The Morgan fingerprint density at radius 3 is 0.229 bits per heavy atom. The molecular weight excluding hydrogens is 528 g/mol. The Hall–Kier alpha value is 2.14. The van der Waals surface area contributed by atoms with Crippen molar-refractivity contribution >= 4 is 0 Å². The van der Waals surface area contributed by atoms with Crippen LogP contribution in [0.2, 0.25) is 0 Å². The molecule has 0 N–H and O–H groups in total. The summed E-state index contributed by atoms with van der Waals surface area (Å²) in [5, 5.41) is 0. The van der Waals surface area contributed by atoms with E-state index >= 15 is 0 Å². The van der Waals surface area contributed by atoms with Gasteiger partial charge < -0.3 is 55.4 Å². The molecule has 212 valence electrons. The minimum atomic E-state index is 0. The zero-order valence-corrected chi connectivity index (χ0v) is 32.5. The van der Waals surface area contributed by atoms with Crippen LogP contribution in [0.15, 0.2) is 0 Å². The van der Waals surface area contributed by atoms with Crippen molar-refractivity contribution in [2.24, 2.45) is 47.3 Å². The van der Waals surface area contributed by atoms with E-state index in [1.807, 2.05) is 0 Å². The molecule has 0 aromatic rings. The number of rotatable bonds is 0. The minimum Gasteiger partial charge on any atom is -0.341 e. The molecule has 0 heterocycles. The second-order valence-corrected chi connectivity index (χ2v) is 11.2. The van der Waals surface area contributed by atoms with Gasteiger partial charge in [0.05, 0.1) is 0 Å². The van der Waals surface area contributed by atoms with Crippen molar-refractivity contribution in [1.29, 1.82) is 0 Å². The Kier molecular flexibility index (Phi) is 132. The van der Waals surface area contributed by atoms with Gasteiger partial charge in [-0.05, 0) is 0 Å². The zero-order chi connectivity index (χ0) is 28.6. The summed E-state index contributed by atoms with van der Waals surface area (Å²) in [6.45, 7) is 62.0. The van der Waals surface area contributed by atoms with Gasteiger partial charge in [-0.25, -0.2) is 0 Å². The Bertz CT molecular complexity index is 125. The molecule has 0 aliphatic rings. The van der Waals surface area contributed by atoms with Crippen molar-refractivity contribution in [2.75, 3.05) is 0 Å². The van der Waals surface area contributed by atoms with E-state index in [0.29, 0.717) is 47.3 Å². The van der Waals surface area contributed by atoms with Gasteiger partial charge in [0.1, 0.15) is 0 Å². The van der Waals surface area contributed by atoms with Crippen LogP contribution in [0.5, 0.6) is 0 Å². The fraction of sp³-hybridized carbons (Fsp3) is 0.750. The quantitative estimate of drug-likeness (QED) is 0.192. The maximum absolute atomic E-state index is 3.64. The van der Waals surface area contributed by atoms with E-state index in [4.69, 9.17) is 0 Å². The third-order valence-corrected chi connectivity index (χ3v) is 0. The molecule has 0 aliphatic heterocycles. The Labute approximate surface area is 276 Å². The molecule has 0 radical (unpaired) electrons. The standard InChI is InChI=1S/8C4H9.3Ti/c8*1-4(2)3;;;/h8*4H,1H2,2-3H3;;;/q8*-1;2*+2;+4. The third-order valence-electron chi connectivity index (χ3n) is 0. The van der Waals surface area contributed by atoms with Crippen molar-refractivity contribution in [2.45, 2.75) is 111 Å². The average Bonchev–Trinajstić information content (AvgIpc) is 2.30. The first-order chi connectivity index (χ1) is 13.9. The molecule has 0 spiro atoms. The van der Waals surface area contributed by atoms with Gasteiger partial charge in [0.25, 0.3) is 0 Å². The molecule has 0 amide bonds. The van der Waals surface area contributed by atoms with E-state index in [1.54, 1.807) is 0 Å². The maximum atomic E-state index is 3.64. The molecule has 0 fully saturated rings. The molecule has 0 rings (SSSR count). The summed E-state index contributed by atoms with van der Waals surface area (Å²) in [5.41, 5.74) is 0. The largest absolute Gasteiger partial charge is 4.00 e. The van der Waals surface area contributed by atoms with E-state index in [1.165, 1.54) is 0 Å². The Balaban J connectivity index is -0.0000000206. The van der Waals surface area contributed by atoms with E-state index in [2.05, 4.69) is 166 Å². The first kappa shape index (κ1) is 71.0. The molecule has 0 aliphatic carbocycles. The van der Waals surface area contributed by atoms with Crippen LogP contribution < -0.4 is 0 Å². The van der Waals surface area contributed by atoms with Gasteiger partial charge in [-0.2, -0.15) is 47.3 Å². The normalized spacial score (nSPS) is 8.23. The summed E-state index contributed by atoms with van der Waals surface area (Å²) >= 11 is 0. The van der Waals surface area contributed by atoms with Crippen LogP contribution in [0, 0.1) is 103 Å². The van der Waals surface area contributed by atoms with Gasteiger partial charge in [0, 0.05) is 0 Å². The summed E-state index contributed by atoms with van der Waals surface area (Å²) in [6.07, 6.45) is 0. The molecule has 0 saturated carbocycles. The molecule has 0 saturated heterocycles. The van der Waals surface area contributed by atoms with Crippen LogP contribution in [-0.4, -0.2) is 0 Å². The van der Waals surface area contributed by atoms with E-state index < -0.39 is 0 Å². The summed E-state index contributed by atoms with van der Waals surface area (Å²) in [5.74, 6) is 4.67. The van der Waals surface area contributed by atoms with Gasteiger partial charge in [0.2, 0.25) is 0 Å². The fourth-order valence-corrected chi connectivity index (χ4v) is 0. The first-order valence-electron chi connectivity index (χ1n) is 12.5. The topological polar surface area (TPSA) is 0 Å². The van der Waals surface area contributed by atoms with Crippen LogP contribution in [0.1, 0.15) is 111 Å². The van der Waals surface area contributed by atoms with Crippen molar-refractivity contribution in [3.8, 4) is 0 Å². The zero-order valence-electron chi connectivity index (χ0n) is 27.8. The van der Waals surface area contributed by atoms with E-state index in [9.17, 15) is 0 Å². The van der Waals surface area contributed by atoms with Gasteiger partial charge in [-0.1, -0.05) is 111 Å². The van der Waals surface area contributed by atoms with Crippen molar-refractivity contribution in [3.05, 3.63) is 55.4 Å². The molecule has 0 aromatic heterocycles. The summed E-state index contributed by atoms with van der Waals surface area (Å²) in [7, 11) is 0. The second-order valence-electron chi connectivity index (χ2n) is 11.2. The van der Waals surface area contributed by atoms with Crippen molar-refractivity contribution < 1.29 is 65.2 Å².